The van der Waals surface area contributed by atoms with Crippen molar-refractivity contribution in [2.24, 2.45) is 0 Å². The molecule has 0 aliphatic heterocycles. The van der Waals surface area contributed by atoms with Crippen molar-refractivity contribution in [1.82, 2.24) is 5.16 Å². The number of nitrogens with zero attached hydrogens (tertiary/aromatic N) is 2. The van der Waals surface area contributed by atoms with Crippen molar-refractivity contribution in [3.8, 4) is 0 Å². The van der Waals surface area contributed by atoms with Crippen LogP contribution in [0.25, 0.3) is 0 Å². The second-order valence-corrected chi connectivity index (χ2v) is 6.65. The van der Waals surface area contributed by atoms with E-state index in [4.69, 9.17) is 0 Å². The average molecular weight is 350 g/mol. The van der Waals surface area contributed by atoms with Gasteiger partial charge in [0.25, 0.3) is 0 Å². The van der Waals surface area contributed by atoms with Crippen molar-refractivity contribution in [2.45, 2.75) is 21.1 Å². The Kier molecular flexibility index (Phi) is 3.46. The number of sulfone groups is 2. The summed E-state index contributed by atoms with van der Waals surface area (Å²) in [7, 11) is -13.4. The van der Waals surface area contributed by atoms with E-state index in [2.05, 4.69) is 4.63 Å². The molecule has 0 atom stereocenters. The number of alkyl halides is 6. The number of hydrogen-bond donors (Lipinski definition) is 0. The van der Waals surface area contributed by atoms with Crippen LogP contribution >= 0.6 is 0 Å². The maximum Gasteiger partial charge on any atom is 0.505 e. The Morgan fingerprint density at radius 1 is 0.950 bits per heavy atom. The van der Waals surface area contributed by atoms with Crippen molar-refractivity contribution in [1.29, 1.82) is 0 Å². The summed E-state index contributed by atoms with van der Waals surface area (Å²) in [6.07, 6.45) is 0. The first kappa shape index (κ1) is 16.5. The van der Waals surface area contributed by atoms with Gasteiger partial charge in [-0.05, 0) is 4.90 Å². The van der Waals surface area contributed by atoms with Gasteiger partial charge in [0.05, 0.1) is 5.16 Å². The molecule has 0 bridgehead atoms. The van der Waals surface area contributed by atoms with Crippen LogP contribution in [0.1, 0.15) is 0 Å². The van der Waals surface area contributed by atoms with Crippen LogP contribution in [0.5, 0.6) is 0 Å². The molecule has 1 heterocycles. The van der Waals surface area contributed by atoms with Crippen molar-refractivity contribution >= 4 is 19.7 Å². The minimum absolute atomic E-state index is 1.60. The largest absolute Gasteiger partial charge is 0.505 e. The van der Waals surface area contributed by atoms with Crippen molar-refractivity contribution in [3.63, 3.8) is 0 Å². The summed E-state index contributed by atoms with van der Waals surface area (Å²) in [6, 6.07) is 0. The molecule has 0 aliphatic carbocycles. The Hall–Kier alpha value is -1.58. The normalized spacial score (nSPS) is 14.5. The number of aromatic nitrogens is 2. The molecule has 0 amide bonds. The van der Waals surface area contributed by atoms with E-state index in [1.54, 1.807) is 0 Å². The predicted molar refractivity (Wildman–Crippen MR) is 41.9 cm³/mol. The van der Waals surface area contributed by atoms with Gasteiger partial charge < -0.3 is 5.21 Å². The van der Waals surface area contributed by atoms with Crippen LogP contribution in [0.15, 0.2) is 14.7 Å². The molecule has 0 saturated carbocycles. The topological polar surface area (TPSA) is 121 Å². The van der Waals surface area contributed by atoms with Gasteiger partial charge in [0.1, 0.15) is 0 Å². The molecule has 0 N–H and O–H groups in total. The summed E-state index contributed by atoms with van der Waals surface area (Å²) in [5, 5.41) is 7.09. The summed E-state index contributed by atoms with van der Waals surface area (Å²) >= 11 is 0. The van der Waals surface area contributed by atoms with E-state index in [9.17, 15) is 48.4 Å². The fourth-order valence-electron chi connectivity index (χ4n) is 0.825. The summed E-state index contributed by atoms with van der Waals surface area (Å²) < 4.78 is 119. The van der Waals surface area contributed by atoms with Crippen molar-refractivity contribution in [3.05, 3.63) is 5.21 Å². The Labute approximate surface area is 104 Å². The van der Waals surface area contributed by atoms with E-state index in [0.29, 0.717) is 0 Å². The highest BCUT2D eigenvalue weighted by Crippen LogP contribution is 2.36. The first-order chi connectivity index (χ1) is 8.64. The molecule has 1 rings (SSSR count). The Morgan fingerprint density at radius 2 is 1.35 bits per heavy atom. The molecular weight excluding hydrogens is 350 g/mol. The van der Waals surface area contributed by atoms with Gasteiger partial charge in [0, 0.05) is 0 Å². The Bertz CT molecular complexity index is 726. The number of halogens is 6. The minimum Gasteiger partial charge on any atom is -0.358 e. The zero-order valence-electron chi connectivity index (χ0n) is 8.43. The molecule has 1 aromatic heterocycles. The number of rotatable bonds is 2. The van der Waals surface area contributed by atoms with Crippen LogP contribution in [0.4, 0.5) is 26.3 Å². The average Bonchev–Trinajstić information content (AvgIpc) is 2.57. The van der Waals surface area contributed by atoms with Gasteiger partial charge in [-0.3, -0.25) is 4.63 Å². The zero-order chi connectivity index (χ0) is 16.1. The van der Waals surface area contributed by atoms with Crippen LogP contribution in [-0.4, -0.2) is 33.0 Å². The van der Waals surface area contributed by atoms with Gasteiger partial charge in [-0.15, -0.1) is 0 Å². The lowest BCUT2D eigenvalue weighted by atomic mass is 10.9. The Morgan fingerprint density at radius 3 is 1.70 bits per heavy atom. The van der Waals surface area contributed by atoms with E-state index < -0.39 is 45.6 Å². The molecule has 0 saturated heterocycles. The molecule has 0 aliphatic rings. The van der Waals surface area contributed by atoms with Gasteiger partial charge in [0.15, 0.2) is 0 Å². The van der Waals surface area contributed by atoms with Crippen LogP contribution in [-0.2, 0) is 19.7 Å². The molecule has 16 heteroatoms. The molecule has 8 nitrogen and oxygen atoms in total. The van der Waals surface area contributed by atoms with E-state index in [1.807, 2.05) is 5.16 Å². The summed E-state index contributed by atoms with van der Waals surface area (Å²) in [5.74, 6) is 0. The highest BCUT2D eigenvalue weighted by Gasteiger charge is 2.61. The second kappa shape index (κ2) is 4.21. The fraction of sp³-hybridized carbons (Fsp3) is 0.500. The lowest BCUT2D eigenvalue weighted by Crippen LogP contribution is -2.38. The molecule has 0 fully saturated rings. The third kappa shape index (κ3) is 2.28. The smallest absolute Gasteiger partial charge is 0.358 e. The van der Waals surface area contributed by atoms with Crippen molar-refractivity contribution in [2.75, 3.05) is 0 Å². The highest BCUT2D eigenvalue weighted by atomic mass is 32.2. The van der Waals surface area contributed by atoms with Crippen LogP contribution in [0.3, 0.4) is 0 Å². The molecule has 1 aromatic rings. The van der Waals surface area contributed by atoms with Gasteiger partial charge >= 0.3 is 40.7 Å². The van der Waals surface area contributed by atoms with Gasteiger partial charge in [-0.2, -0.15) is 26.3 Å². The fourth-order valence-corrected chi connectivity index (χ4v) is 2.85. The second-order valence-electron chi connectivity index (χ2n) is 2.94. The third-order valence-electron chi connectivity index (χ3n) is 1.67. The van der Waals surface area contributed by atoms with E-state index in [1.165, 1.54) is 0 Å². The monoisotopic (exact) mass is 350 g/mol. The SMILES string of the molecule is O=S(=O)(c1no[n+]([O-])c1S(=O)(=O)C(F)(F)F)C(F)(F)F. The Balaban J connectivity index is 3.77. The molecule has 116 valence electrons. The lowest BCUT2D eigenvalue weighted by Gasteiger charge is -2.06. The van der Waals surface area contributed by atoms with Gasteiger partial charge in [0.2, 0.25) is 0 Å². The molecule has 0 aromatic carbocycles. The molecule has 0 unspecified atom stereocenters. The molecule has 0 radical (unpaired) electrons. The maximum atomic E-state index is 12.2. The van der Waals surface area contributed by atoms with E-state index in [-0.39, 0.29) is 0 Å². The molecular formula is C4F6N2O6S2. The quantitative estimate of drug-likeness (QED) is 0.539. The van der Waals surface area contributed by atoms with Crippen LogP contribution in [0, 0.1) is 5.21 Å². The molecule has 20 heavy (non-hydrogen) atoms. The van der Waals surface area contributed by atoms with Crippen LogP contribution < -0.4 is 4.90 Å². The molecule has 0 spiro atoms. The first-order valence-electron chi connectivity index (χ1n) is 3.86. The number of hydrogen-bond acceptors (Lipinski definition) is 7. The van der Waals surface area contributed by atoms with E-state index in [0.717, 1.165) is 0 Å². The summed E-state index contributed by atoms with van der Waals surface area (Å²) in [5.41, 5.74) is -12.4. The minimum atomic E-state index is -6.72. The summed E-state index contributed by atoms with van der Waals surface area (Å²) in [4.78, 5) is -1.60. The first-order valence-corrected chi connectivity index (χ1v) is 6.83. The van der Waals surface area contributed by atoms with Gasteiger partial charge in [-0.1, -0.05) is 0 Å². The zero-order valence-corrected chi connectivity index (χ0v) is 10.1. The summed E-state index contributed by atoms with van der Waals surface area (Å²) in [6.45, 7) is 0. The van der Waals surface area contributed by atoms with E-state index >= 15 is 0 Å². The predicted octanol–water partition coefficient (Wildman–Crippen LogP) is -0.105. The highest BCUT2D eigenvalue weighted by molar-refractivity contribution is 7.95. The van der Waals surface area contributed by atoms with Crippen molar-refractivity contribution < 1.29 is 52.7 Å². The van der Waals surface area contributed by atoms with Crippen LogP contribution in [0.2, 0.25) is 0 Å². The maximum absolute atomic E-state index is 12.2. The van der Waals surface area contributed by atoms with Gasteiger partial charge in [-0.25, -0.2) is 16.8 Å². The third-order valence-corrected chi connectivity index (χ3v) is 4.64. The lowest BCUT2D eigenvalue weighted by molar-refractivity contribution is -0.832. The standard InChI is InChI=1S/C4F6N2O6S2/c5-3(6,7)19(14,15)1-2(12(13)18-11-1)20(16,17)4(8,9)10.